The third kappa shape index (κ3) is 4.26. The van der Waals surface area contributed by atoms with Crippen LogP contribution >= 0.6 is 11.6 Å². The molecule has 2 rings (SSSR count). The molecule has 1 N–H and O–H groups in total. The van der Waals surface area contributed by atoms with Crippen LogP contribution in [0.3, 0.4) is 0 Å². The molecular formula is C14H15ClN2O. The Balaban J connectivity index is 1.63. The van der Waals surface area contributed by atoms with E-state index in [2.05, 4.69) is 10.3 Å². The number of ether oxygens (including phenoxy) is 1. The van der Waals surface area contributed by atoms with Crippen LogP contribution in [0, 0.1) is 0 Å². The van der Waals surface area contributed by atoms with E-state index in [1.54, 1.807) is 6.20 Å². The fraction of sp³-hybridized carbons (Fsp3) is 0.214. The predicted molar refractivity (Wildman–Crippen MR) is 74.3 cm³/mol. The molecule has 4 heteroatoms. The van der Waals surface area contributed by atoms with Crippen LogP contribution in [0.1, 0.15) is 6.42 Å². The van der Waals surface area contributed by atoms with Gasteiger partial charge in [-0.1, -0.05) is 17.7 Å². The van der Waals surface area contributed by atoms with Crippen molar-refractivity contribution in [3.8, 4) is 5.75 Å². The Kier molecular flexibility index (Phi) is 4.85. The Morgan fingerprint density at radius 2 is 1.94 bits per heavy atom. The van der Waals surface area contributed by atoms with Crippen molar-refractivity contribution < 1.29 is 4.74 Å². The highest BCUT2D eigenvalue weighted by molar-refractivity contribution is 6.30. The van der Waals surface area contributed by atoms with Gasteiger partial charge in [0.25, 0.3) is 0 Å². The summed E-state index contributed by atoms with van der Waals surface area (Å²) in [5, 5.41) is 3.95. The second-order valence-corrected chi connectivity index (χ2v) is 4.23. The van der Waals surface area contributed by atoms with E-state index >= 15 is 0 Å². The maximum Gasteiger partial charge on any atom is 0.125 e. The lowest BCUT2D eigenvalue weighted by Crippen LogP contribution is -2.07. The molecule has 0 spiro atoms. The lowest BCUT2D eigenvalue weighted by molar-refractivity contribution is 0.315. The smallest absolute Gasteiger partial charge is 0.125 e. The van der Waals surface area contributed by atoms with Crippen molar-refractivity contribution >= 4 is 17.4 Å². The van der Waals surface area contributed by atoms with Gasteiger partial charge in [0.1, 0.15) is 11.6 Å². The summed E-state index contributed by atoms with van der Waals surface area (Å²) in [5.74, 6) is 1.74. The first kappa shape index (κ1) is 12.7. The number of hydrogen-bond donors (Lipinski definition) is 1. The van der Waals surface area contributed by atoms with E-state index in [0.717, 1.165) is 29.6 Å². The van der Waals surface area contributed by atoms with E-state index in [1.807, 2.05) is 42.5 Å². The average Bonchev–Trinajstić information content (AvgIpc) is 2.42. The van der Waals surface area contributed by atoms with E-state index in [4.69, 9.17) is 16.3 Å². The first-order valence-corrected chi connectivity index (χ1v) is 6.26. The molecule has 0 amide bonds. The van der Waals surface area contributed by atoms with Crippen molar-refractivity contribution in [2.75, 3.05) is 18.5 Å². The first-order chi connectivity index (χ1) is 8.84. The summed E-state index contributed by atoms with van der Waals surface area (Å²) >= 11 is 5.79. The molecule has 1 heterocycles. The van der Waals surface area contributed by atoms with Crippen molar-refractivity contribution in [2.45, 2.75) is 6.42 Å². The van der Waals surface area contributed by atoms with Gasteiger partial charge < -0.3 is 10.1 Å². The van der Waals surface area contributed by atoms with Gasteiger partial charge in [0.15, 0.2) is 0 Å². The quantitative estimate of drug-likeness (QED) is 0.808. The normalized spacial score (nSPS) is 10.1. The fourth-order valence-corrected chi connectivity index (χ4v) is 1.60. The largest absolute Gasteiger partial charge is 0.494 e. The van der Waals surface area contributed by atoms with Crippen LogP contribution in [-0.4, -0.2) is 18.1 Å². The average molecular weight is 263 g/mol. The summed E-state index contributed by atoms with van der Waals surface area (Å²) < 4.78 is 5.58. The standard InChI is InChI=1S/C14H15ClN2O/c15-12-5-7-13(8-6-12)18-11-3-10-17-14-4-1-2-9-16-14/h1-2,4-9H,3,10-11H2,(H,16,17). The number of nitrogens with one attached hydrogen (secondary N) is 1. The predicted octanol–water partition coefficient (Wildman–Crippen LogP) is 3.62. The number of hydrogen-bond acceptors (Lipinski definition) is 3. The Hall–Kier alpha value is -1.74. The summed E-state index contributed by atoms with van der Waals surface area (Å²) in [4.78, 5) is 4.18. The van der Waals surface area contributed by atoms with E-state index < -0.39 is 0 Å². The van der Waals surface area contributed by atoms with Gasteiger partial charge in [0, 0.05) is 17.8 Å². The second-order valence-electron chi connectivity index (χ2n) is 3.80. The summed E-state index contributed by atoms with van der Waals surface area (Å²) in [7, 11) is 0. The zero-order chi connectivity index (χ0) is 12.6. The Bertz CT molecular complexity index is 459. The van der Waals surface area contributed by atoms with Crippen LogP contribution in [0.15, 0.2) is 48.7 Å². The van der Waals surface area contributed by atoms with Crippen LogP contribution in [0.4, 0.5) is 5.82 Å². The molecule has 0 atom stereocenters. The number of halogens is 1. The number of benzene rings is 1. The molecule has 0 bridgehead atoms. The zero-order valence-electron chi connectivity index (χ0n) is 9.97. The van der Waals surface area contributed by atoms with Gasteiger partial charge in [-0.05, 0) is 42.8 Å². The molecule has 0 radical (unpaired) electrons. The molecule has 0 unspecified atom stereocenters. The van der Waals surface area contributed by atoms with Crippen LogP contribution in [0.2, 0.25) is 5.02 Å². The molecule has 0 saturated carbocycles. The monoisotopic (exact) mass is 262 g/mol. The number of rotatable bonds is 6. The van der Waals surface area contributed by atoms with E-state index in [0.29, 0.717) is 6.61 Å². The third-order valence-corrected chi connectivity index (χ3v) is 2.63. The van der Waals surface area contributed by atoms with Crippen molar-refractivity contribution in [2.24, 2.45) is 0 Å². The number of anilines is 1. The van der Waals surface area contributed by atoms with Gasteiger partial charge in [0.2, 0.25) is 0 Å². The Labute approximate surface area is 112 Å². The highest BCUT2D eigenvalue weighted by Crippen LogP contribution is 2.15. The number of pyridine rings is 1. The second kappa shape index (κ2) is 6.87. The minimum atomic E-state index is 0.668. The Morgan fingerprint density at radius 1 is 1.11 bits per heavy atom. The van der Waals surface area contributed by atoms with Crippen molar-refractivity contribution in [3.63, 3.8) is 0 Å². The Morgan fingerprint density at radius 3 is 2.67 bits per heavy atom. The number of nitrogens with zero attached hydrogens (tertiary/aromatic N) is 1. The molecule has 94 valence electrons. The molecule has 2 aromatic rings. The highest BCUT2D eigenvalue weighted by atomic mass is 35.5. The van der Waals surface area contributed by atoms with E-state index in [9.17, 15) is 0 Å². The molecule has 0 saturated heterocycles. The van der Waals surface area contributed by atoms with Gasteiger partial charge in [-0.3, -0.25) is 0 Å². The minimum Gasteiger partial charge on any atom is -0.494 e. The summed E-state index contributed by atoms with van der Waals surface area (Å²) in [6.45, 7) is 1.51. The molecule has 3 nitrogen and oxygen atoms in total. The molecule has 1 aromatic heterocycles. The summed E-state index contributed by atoms with van der Waals surface area (Å²) in [6.07, 6.45) is 2.69. The fourth-order valence-electron chi connectivity index (χ4n) is 1.48. The van der Waals surface area contributed by atoms with Crippen LogP contribution < -0.4 is 10.1 Å². The molecule has 0 aliphatic heterocycles. The molecule has 0 aliphatic rings. The van der Waals surface area contributed by atoms with Crippen molar-refractivity contribution in [1.29, 1.82) is 0 Å². The summed E-state index contributed by atoms with van der Waals surface area (Å²) in [6, 6.07) is 13.2. The SMILES string of the molecule is Clc1ccc(OCCCNc2ccccn2)cc1. The molecular weight excluding hydrogens is 248 g/mol. The van der Waals surface area contributed by atoms with Gasteiger partial charge in [-0.2, -0.15) is 0 Å². The summed E-state index contributed by atoms with van der Waals surface area (Å²) in [5.41, 5.74) is 0. The first-order valence-electron chi connectivity index (χ1n) is 5.88. The van der Waals surface area contributed by atoms with Crippen LogP contribution in [-0.2, 0) is 0 Å². The molecule has 18 heavy (non-hydrogen) atoms. The van der Waals surface area contributed by atoms with Crippen LogP contribution in [0.5, 0.6) is 5.75 Å². The molecule has 1 aromatic carbocycles. The van der Waals surface area contributed by atoms with Crippen LogP contribution in [0.25, 0.3) is 0 Å². The maximum absolute atomic E-state index is 5.79. The van der Waals surface area contributed by atoms with Gasteiger partial charge >= 0.3 is 0 Å². The number of aromatic nitrogens is 1. The highest BCUT2D eigenvalue weighted by Gasteiger charge is 1.94. The maximum atomic E-state index is 5.79. The lowest BCUT2D eigenvalue weighted by Gasteiger charge is -2.07. The van der Waals surface area contributed by atoms with Gasteiger partial charge in [-0.25, -0.2) is 4.98 Å². The lowest BCUT2D eigenvalue weighted by atomic mass is 10.3. The zero-order valence-corrected chi connectivity index (χ0v) is 10.7. The molecule has 0 fully saturated rings. The van der Waals surface area contributed by atoms with E-state index in [1.165, 1.54) is 0 Å². The van der Waals surface area contributed by atoms with E-state index in [-0.39, 0.29) is 0 Å². The third-order valence-electron chi connectivity index (χ3n) is 2.37. The van der Waals surface area contributed by atoms with Gasteiger partial charge in [-0.15, -0.1) is 0 Å². The topological polar surface area (TPSA) is 34.1 Å². The van der Waals surface area contributed by atoms with Crippen molar-refractivity contribution in [3.05, 3.63) is 53.7 Å². The minimum absolute atomic E-state index is 0.668. The van der Waals surface area contributed by atoms with Crippen molar-refractivity contribution in [1.82, 2.24) is 4.98 Å². The van der Waals surface area contributed by atoms with Gasteiger partial charge in [0.05, 0.1) is 6.61 Å². The molecule has 0 aliphatic carbocycles.